The van der Waals surface area contributed by atoms with Crippen molar-refractivity contribution in [2.75, 3.05) is 5.32 Å². The number of hydrogen-bond acceptors (Lipinski definition) is 6. The molecule has 0 bridgehead atoms. The fraction of sp³-hybridized carbons (Fsp3) is 0.216. The molecule has 1 N–H and O–H groups in total. The van der Waals surface area contributed by atoms with Crippen molar-refractivity contribution >= 4 is 34.9 Å². The molecule has 0 aliphatic carbocycles. The zero-order chi connectivity index (χ0) is 31.5. The molecular weight excluding hydrogens is 566 g/mol. The first-order chi connectivity index (χ1) is 21.7. The van der Waals surface area contributed by atoms with Crippen LogP contribution < -0.4 is 5.32 Å². The number of nitro groups is 1. The summed E-state index contributed by atoms with van der Waals surface area (Å²) >= 11 is 0. The molecule has 4 atom stereocenters. The number of carbonyl (C=O) groups excluding carboxylic acids is 3. The average Bonchev–Trinajstić information content (AvgIpc) is 3.52. The molecule has 4 aromatic rings. The molecule has 224 valence electrons. The third-order valence-corrected chi connectivity index (χ3v) is 9.35. The Labute approximate surface area is 260 Å². The van der Waals surface area contributed by atoms with E-state index in [0.29, 0.717) is 22.7 Å². The Balaban J connectivity index is 1.48. The Morgan fingerprint density at radius 2 is 1.64 bits per heavy atom. The second-order valence-corrected chi connectivity index (χ2v) is 12.4. The van der Waals surface area contributed by atoms with E-state index in [2.05, 4.69) is 19.2 Å². The van der Waals surface area contributed by atoms with Crippen LogP contribution in [0.2, 0.25) is 0 Å². The molecule has 3 heterocycles. The predicted octanol–water partition coefficient (Wildman–Crippen LogP) is 6.78. The molecule has 4 aromatic carbocycles. The highest BCUT2D eigenvalue weighted by molar-refractivity contribution is 6.16. The number of carbonyl (C=O) groups is 3. The summed E-state index contributed by atoms with van der Waals surface area (Å²) in [7, 11) is 0. The third kappa shape index (κ3) is 4.31. The number of nitrogens with one attached hydrogen (secondary N) is 1. The summed E-state index contributed by atoms with van der Waals surface area (Å²) in [6.45, 7) is 4.26. The van der Waals surface area contributed by atoms with Gasteiger partial charge < -0.3 is 10.2 Å². The first-order valence-corrected chi connectivity index (χ1v) is 15.1. The third-order valence-electron chi connectivity index (χ3n) is 9.35. The van der Waals surface area contributed by atoms with Gasteiger partial charge in [-0.15, -0.1) is 0 Å². The van der Waals surface area contributed by atoms with Crippen molar-refractivity contribution in [3.8, 4) is 0 Å². The van der Waals surface area contributed by atoms with E-state index >= 15 is 0 Å². The molecule has 3 aliphatic heterocycles. The van der Waals surface area contributed by atoms with Crippen LogP contribution in [-0.2, 0) is 16.6 Å². The number of hydrogen-bond donors (Lipinski definition) is 1. The minimum Gasteiger partial charge on any atom is -0.358 e. The van der Waals surface area contributed by atoms with Crippen LogP contribution in [0.3, 0.4) is 0 Å². The molecule has 45 heavy (non-hydrogen) atoms. The van der Waals surface area contributed by atoms with E-state index in [9.17, 15) is 24.5 Å². The number of fused-ring (bicyclic) bond motifs is 6. The van der Waals surface area contributed by atoms with Gasteiger partial charge in [0.05, 0.1) is 16.9 Å². The van der Waals surface area contributed by atoms with Crippen LogP contribution in [0.4, 0.5) is 11.4 Å². The van der Waals surface area contributed by atoms with Gasteiger partial charge in [0.15, 0.2) is 11.6 Å². The minimum absolute atomic E-state index is 0.106. The Kier molecular flexibility index (Phi) is 6.73. The van der Waals surface area contributed by atoms with Gasteiger partial charge in [-0.05, 0) is 46.7 Å². The normalized spacial score (nSPS) is 22.6. The largest absolute Gasteiger partial charge is 0.358 e. The summed E-state index contributed by atoms with van der Waals surface area (Å²) in [6, 6.07) is 26.2. The monoisotopic (exact) mass is 597 g/mol. The van der Waals surface area contributed by atoms with Gasteiger partial charge >= 0.3 is 0 Å². The molecule has 1 spiro atoms. The lowest BCUT2D eigenvalue weighted by Crippen LogP contribution is -2.49. The second-order valence-electron chi connectivity index (χ2n) is 12.4. The minimum atomic E-state index is -1.47. The zero-order valence-electron chi connectivity index (χ0n) is 24.8. The Morgan fingerprint density at radius 3 is 2.40 bits per heavy atom. The molecule has 1 saturated heterocycles. The van der Waals surface area contributed by atoms with Crippen molar-refractivity contribution in [1.82, 2.24) is 4.90 Å². The molecule has 0 saturated carbocycles. The lowest BCUT2D eigenvalue weighted by molar-refractivity contribution is -0.384. The lowest BCUT2D eigenvalue weighted by atomic mass is 9.62. The summed E-state index contributed by atoms with van der Waals surface area (Å²) in [5, 5.41) is 14.7. The predicted molar refractivity (Wildman–Crippen MR) is 171 cm³/mol. The van der Waals surface area contributed by atoms with Crippen molar-refractivity contribution in [3.05, 3.63) is 147 Å². The van der Waals surface area contributed by atoms with Crippen molar-refractivity contribution in [2.45, 2.75) is 37.8 Å². The molecular formula is C37H31N3O5. The van der Waals surface area contributed by atoms with E-state index in [4.69, 9.17) is 0 Å². The average molecular weight is 598 g/mol. The van der Waals surface area contributed by atoms with Gasteiger partial charge in [-0.1, -0.05) is 92.7 Å². The maximum Gasteiger partial charge on any atom is 0.270 e. The number of nitrogens with zero attached hydrogens (tertiary/aromatic N) is 2. The van der Waals surface area contributed by atoms with Crippen LogP contribution in [-0.4, -0.2) is 33.3 Å². The lowest BCUT2D eigenvalue weighted by Gasteiger charge is -2.38. The number of amides is 1. The quantitative estimate of drug-likeness (QED) is 0.143. The number of benzene rings is 4. The number of anilines is 1. The van der Waals surface area contributed by atoms with Gasteiger partial charge in [0.1, 0.15) is 11.5 Å². The molecule has 0 radical (unpaired) electrons. The molecule has 8 nitrogen and oxygen atoms in total. The fourth-order valence-electron chi connectivity index (χ4n) is 7.57. The summed E-state index contributed by atoms with van der Waals surface area (Å²) < 4.78 is 0. The summed E-state index contributed by atoms with van der Waals surface area (Å²) in [5.74, 6) is -1.86. The van der Waals surface area contributed by atoms with E-state index in [1.807, 2.05) is 71.6 Å². The van der Waals surface area contributed by atoms with Crippen molar-refractivity contribution in [2.24, 2.45) is 11.8 Å². The Hall–Kier alpha value is -5.37. The first-order valence-electron chi connectivity index (χ1n) is 15.1. The molecule has 0 aromatic heterocycles. The second kappa shape index (κ2) is 10.7. The van der Waals surface area contributed by atoms with E-state index in [-0.39, 0.29) is 22.9 Å². The van der Waals surface area contributed by atoms with Gasteiger partial charge in [0.25, 0.3) is 5.69 Å². The zero-order valence-corrected chi connectivity index (χ0v) is 24.8. The van der Waals surface area contributed by atoms with Crippen LogP contribution in [0.15, 0.2) is 103 Å². The molecule has 4 unspecified atom stereocenters. The van der Waals surface area contributed by atoms with E-state index in [1.54, 1.807) is 18.3 Å². The van der Waals surface area contributed by atoms with E-state index in [0.717, 1.165) is 23.1 Å². The highest BCUT2D eigenvalue weighted by Crippen LogP contribution is 2.62. The number of ketones is 2. The van der Waals surface area contributed by atoms with Crippen LogP contribution in [0.5, 0.6) is 0 Å². The number of non-ortho nitro benzene ring substituents is 1. The van der Waals surface area contributed by atoms with E-state index < -0.39 is 34.1 Å². The fourth-order valence-corrected chi connectivity index (χ4v) is 7.57. The SMILES string of the molecule is CC(C)Cc1ccc(C(=O)C2C(C(=O)c3cccc([N+](=O)[O-])c3)N3C=Cc4ccccc4C3C23C(=O)Nc2ccccc23)cc1. The first kappa shape index (κ1) is 28.4. The number of Topliss-reactive ketones (excluding diaryl/α,β-unsaturated/α-hetero) is 2. The van der Waals surface area contributed by atoms with Gasteiger partial charge in [0.2, 0.25) is 5.91 Å². The summed E-state index contributed by atoms with van der Waals surface area (Å²) in [5.41, 5.74) is 2.87. The van der Waals surface area contributed by atoms with Crippen LogP contribution in [0.25, 0.3) is 6.08 Å². The van der Waals surface area contributed by atoms with Crippen molar-refractivity contribution < 1.29 is 19.3 Å². The number of rotatable bonds is 7. The Morgan fingerprint density at radius 1 is 0.911 bits per heavy atom. The standard InChI is InChI=1S/C37H31N3O5/c1-22(2)20-23-14-16-25(17-15-23)33(41)31-32(34(42)26-9-7-10-27(21-26)40(44)45)39-19-18-24-8-3-4-11-28(24)35(39)37(31)29-12-5-6-13-30(29)38-36(37)43/h3-19,21-22,31-32,35H,20H2,1-2H3,(H,38,43). The molecule has 3 aliphatic rings. The smallest absolute Gasteiger partial charge is 0.270 e. The molecule has 1 fully saturated rings. The highest BCUT2D eigenvalue weighted by Gasteiger charge is 2.70. The van der Waals surface area contributed by atoms with Crippen LogP contribution in [0, 0.1) is 22.0 Å². The van der Waals surface area contributed by atoms with Crippen LogP contribution >= 0.6 is 0 Å². The van der Waals surface area contributed by atoms with E-state index in [1.165, 1.54) is 24.3 Å². The Bertz CT molecular complexity index is 1910. The highest BCUT2D eigenvalue weighted by atomic mass is 16.6. The topological polar surface area (TPSA) is 110 Å². The van der Waals surface area contributed by atoms with Crippen molar-refractivity contribution in [1.29, 1.82) is 0 Å². The molecule has 7 rings (SSSR count). The summed E-state index contributed by atoms with van der Waals surface area (Å²) in [4.78, 5) is 57.2. The maximum atomic E-state index is 15.0. The van der Waals surface area contributed by atoms with Gasteiger partial charge in [0, 0.05) is 35.1 Å². The number of para-hydroxylation sites is 1. The van der Waals surface area contributed by atoms with Gasteiger partial charge in [-0.3, -0.25) is 24.5 Å². The molecule has 8 heteroatoms. The number of nitro benzene ring substituents is 1. The van der Waals surface area contributed by atoms with Crippen molar-refractivity contribution in [3.63, 3.8) is 0 Å². The maximum absolute atomic E-state index is 15.0. The van der Waals surface area contributed by atoms with Gasteiger partial charge in [-0.25, -0.2) is 0 Å². The summed E-state index contributed by atoms with van der Waals surface area (Å²) in [6.07, 6.45) is 4.53. The molecule has 1 amide bonds. The van der Waals surface area contributed by atoms with Crippen LogP contribution in [0.1, 0.15) is 62.9 Å². The van der Waals surface area contributed by atoms with Gasteiger partial charge in [-0.2, -0.15) is 0 Å².